The average molecular weight is 494 g/mol. The van der Waals surface area contributed by atoms with E-state index in [-0.39, 0.29) is 46.8 Å². The summed E-state index contributed by atoms with van der Waals surface area (Å²) in [6, 6.07) is 13.3. The van der Waals surface area contributed by atoms with Crippen LogP contribution >= 0.6 is 11.3 Å². The van der Waals surface area contributed by atoms with Crippen molar-refractivity contribution in [2.24, 2.45) is 0 Å². The summed E-state index contributed by atoms with van der Waals surface area (Å²) in [7, 11) is 0. The molecule has 0 aliphatic rings. The van der Waals surface area contributed by atoms with E-state index >= 15 is 0 Å². The first-order valence-corrected chi connectivity index (χ1v) is 11.5. The Morgan fingerprint density at radius 2 is 2.00 bits per heavy atom. The molecule has 3 aromatic rings. The van der Waals surface area contributed by atoms with Crippen LogP contribution in [0.25, 0.3) is 6.08 Å². The summed E-state index contributed by atoms with van der Waals surface area (Å²) in [5.74, 6) is 0.392. The van der Waals surface area contributed by atoms with Crippen LogP contribution in [0.2, 0.25) is 0 Å². The fourth-order valence-electron chi connectivity index (χ4n) is 2.90. The third-order valence-electron chi connectivity index (χ3n) is 4.62. The molecule has 3 rings (SSSR count). The second-order valence-electron chi connectivity index (χ2n) is 7.72. The van der Waals surface area contributed by atoms with Crippen LogP contribution in [-0.2, 0) is 4.79 Å². The van der Waals surface area contributed by atoms with E-state index in [1.165, 1.54) is 35.6 Å². The van der Waals surface area contributed by atoms with Gasteiger partial charge in [0.1, 0.15) is 41.4 Å². The second-order valence-corrected chi connectivity index (χ2v) is 8.73. The molecule has 1 amide bonds. The molecule has 0 aliphatic carbocycles. The van der Waals surface area contributed by atoms with E-state index in [4.69, 9.17) is 9.47 Å². The molecule has 10 nitrogen and oxygen atoms in total. The molecule has 0 spiro atoms. The number of aryl methyl sites for hydroxylation is 1. The molecule has 0 radical (unpaired) electrons. The highest BCUT2D eigenvalue weighted by Crippen LogP contribution is 2.27. The Hall–Kier alpha value is -4.30. The zero-order valence-corrected chi connectivity index (χ0v) is 20.2. The zero-order chi connectivity index (χ0) is 25.4. The van der Waals surface area contributed by atoms with Crippen molar-refractivity contribution in [1.82, 2.24) is 10.2 Å². The van der Waals surface area contributed by atoms with Crippen LogP contribution in [0, 0.1) is 28.4 Å². The summed E-state index contributed by atoms with van der Waals surface area (Å²) in [4.78, 5) is 23.3. The van der Waals surface area contributed by atoms with Crippen LogP contribution < -0.4 is 14.8 Å². The molecule has 0 bridgehead atoms. The molecule has 0 saturated carbocycles. The molecule has 0 atom stereocenters. The molecule has 0 fully saturated rings. The van der Waals surface area contributed by atoms with Crippen molar-refractivity contribution in [1.29, 1.82) is 5.26 Å². The van der Waals surface area contributed by atoms with Crippen molar-refractivity contribution in [2.75, 3.05) is 18.5 Å². The summed E-state index contributed by atoms with van der Waals surface area (Å²) < 4.78 is 11.4. The molecule has 1 aromatic heterocycles. The zero-order valence-electron chi connectivity index (χ0n) is 19.3. The number of hydrogen-bond acceptors (Lipinski definition) is 9. The third kappa shape index (κ3) is 7.09. The minimum absolute atomic E-state index is 0.142. The first kappa shape index (κ1) is 25.3. The lowest BCUT2D eigenvalue weighted by Gasteiger charge is -2.11. The van der Waals surface area contributed by atoms with Crippen molar-refractivity contribution in [3.8, 4) is 17.6 Å². The van der Waals surface area contributed by atoms with Crippen LogP contribution in [-0.4, -0.2) is 34.2 Å². The first-order chi connectivity index (χ1) is 16.8. The average Bonchev–Trinajstić information content (AvgIpc) is 3.29. The van der Waals surface area contributed by atoms with Gasteiger partial charge in [-0.15, -0.1) is 10.2 Å². The molecule has 1 N–H and O–H groups in total. The highest BCUT2D eigenvalue weighted by Gasteiger charge is 2.17. The second kappa shape index (κ2) is 11.7. The van der Waals surface area contributed by atoms with Gasteiger partial charge in [-0.2, -0.15) is 5.26 Å². The molecule has 35 heavy (non-hydrogen) atoms. The number of nitro groups is 1. The fourth-order valence-corrected chi connectivity index (χ4v) is 3.64. The lowest BCUT2D eigenvalue weighted by Crippen LogP contribution is -2.13. The van der Waals surface area contributed by atoms with Crippen LogP contribution in [0.3, 0.4) is 0 Å². The van der Waals surface area contributed by atoms with Gasteiger partial charge in [0.15, 0.2) is 0 Å². The van der Waals surface area contributed by atoms with Crippen LogP contribution in [0.1, 0.15) is 35.9 Å². The summed E-state index contributed by atoms with van der Waals surface area (Å²) in [5.41, 5.74) is 0.791. The van der Waals surface area contributed by atoms with Gasteiger partial charge in [-0.1, -0.05) is 37.3 Å². The SMILES string of the molecule is Cc1cccc(OCCOc2ccc([N+](=O)[O-])cc2C=C(C#N)C(=O)Nc2nnc(C(C)C)s2)c1. The van der Waals surface area contributed by atoms with Gasteiger partial charge >= 0.3 is 0 Å². The minimum Gasteiger partial charge on any atom is -0.490 e. The number of ether oxygens (including phenoxy) is 2. The Kier molecular flexibility index (Phi) is 8.48. The predicted octanol–water partition coefficient (Wildman–Crippen LogP) is 4.88. The molecule has 0 aliphatic heterocycles. The van der Waals surface area contributed by atoms with Crippen LogP contribution in [0.4, 0.5) is 10.8 Å². The summed E-state index contributed by atoms with van der Waals surface area (Å²) >= 11 is 1.21. The predicted molar refractivity (Wildman–Crippen MR) is 131 cm³/mol. The number of amides is 1. The number of nitrogens with one attached hydrogen (secondary N) is 1. The van der Waals surface area contributed by atoms with Gasteiger partial charge in [-0.25, -0.2) is 0 Å². The van der Waals surface area contributed by atoms with Crippen molar-refractivity contribution in [3.05, 3.63) is 74.3 Å². The molecule has 180 valence electrons. The van der Waals surface area contributed by atoms with Crippen LogP contribution in [0.15, 0.2) is 48.0 Å². The van der Waals surface area contributed by atoms with Crippen molar-refractivity contribution >= 4 is 34.1 Å². The monoisotopic (exact) mass is 493 g/mol. The smallest absolute Gasteiger partial charge is 0.270 e. The lowest BCUT2D eigenvalue weighted by molar-refractivity contribution is -0.384. The van der Waals surface area contributed by atoms with Crippen LogP contribution in [0.5, 0.6) is 11.5 Å². The summed E-state index contributed by atoms with van der Waals surface area (Å²) in [6.45, 7) is 6.22. The van der Waals surface area contributed by atoms with Gasteiger partial charge < -0.3 is 9.47 Å². The molecule has 0 saturated heterocycles. The quantitative estimate of drug-likeness (QED) is 0.138. The van der Waals surface area contributed by atoms with Crippen molar-refractivity contribution < 1.29 is 19.2 Å². The van der Waals surface area contributed by atoms with E-state index < -0.39 is 10.8 Å². The Morgan fingerprint density at radius 3 is 2.66 bits per heavy atom. The Morgan fingerprint density at radius 1 is 1.23 bits per heavy atom. The Bertz CT molecular complexity index is 1300. The van der Waals surface area contributed by atoms with E-state index in [2.05, 4.69) is 15.5 Å². The minimum atomic E-state index is -0.709. The number of benzene rings is 2. The Balaban J connectivity index is 1.76. The Labute approximate surface area is 206 Å². The third-order valence-corrected chi connectivity index (χ3v) is 5.76. The van der Waals surface area contributed by atoms with Gasteiger partial charge in [0.05, 0.1) is 4.92 Å². The highest BCUT2D eigenvalue weighted by atomic mass is 32.1. The molecular formula is C24H23N5O5S. The molecule has 2 aromatic carbocycles. The molecular weight excluding hydrogens is 470 g/mol. The van der Waals surface area contributed by atoms with Gasteiger partial charge in [-0.05, 0) is 36.8 Å². The van der Waals surface area contributed by atoms with E-state index in [1.807, 2.05) is 51.1 Å². The summed E-state index contributed by atoms with van der Waals surface area (Å²) in [5, 5.41) is 32.3. The molecule has 0 unspecified atom stereocenters. The van der Waals surface area contributed by atoms with E-state index in [9.17, 15) is 20.2 Å². The number of hydrogen-bond donors (Lipinski definition) is 1. The number of anilines is 1. The maximum absolute atomic E-state index is 12.6. The van der Waals surface area contributed by atoms with Crippen molar-refractivity contribution in [3.63, 3.8) is 0 Å². The lowest BCUT2D eigenvalue weighted by atomic mass is 10.1. The largest absolute Gasteiger partial charge is 0.490 e. The summed E-state index contributed by atoms with van der Waals surface area (Å²) in [6.07, 6.45) is 1.24. The van der Waals surface area contributed by atoms with Gasteiger partial charge in [0.25, 0.3) is 11.6 Å². The number of nitriles is 1. The van der Waals surface area contributed by atoms with E-state index in [1.54, 1.807) is 0 Å². The number of carbonyl (C=O) groups excluding carboxylic acids is 1. The highest BCUT2D eigenvalue weighted by molar-refractivity contribution is 7.15. The normalized spacial score (nSPS) is 11.1. The number of aromatic nitrogens is 2. The topological polar surface area (TPSA) is 140 Å². The number of nitro benzene ring substituents is 1. The first-order valence-electron chi connectivity index (χ1n) is 10.6. The maximum Gasteiger partial charge on any atom is 0.270 e. The number of nitrogens with zero attached hydrogens (tertiary/aromatic N) is 4. The van der Waals surface area contributed by atoms with E-state index in [0.717, 1.165) is 10.6 Å². The van der Waals surface area contributed by atoms with E-state index in [0.29, 0.717) is 5.75 Å². The van der Waals surface area contributed by atoms with Gasteiger partial charge in [-0.3, -0.25) is 20.2 Å². The standard InChI is InChI=1S/C24H23N5O5S/c1-15(2)23-27-28-24(35-23)26-22(30)18(14-25)12-17-13-19(29(31)32)7-8-21(17)34-10-9-33-20-6-4-5-16(3)11-20/h4-8,11-13,15H,9-10H2,1-3H3,(H,26,28,30). The maximum atomic E-state index is 12.6. The van der Waals surface area contributed by atoms with Gasteiger partial charge in [0.2, 0.25) is 5.13 Å². The number of rotatable bonds is 10. The molecule has 11 heteroatoms. The molecule has 1 heterocycles. The fraction of sp³-hybridized carbons (Fsp3) is 0.250. The van der Waals surface area contributed by atoms with Crippen molar-refractivity contribution in [2.45, 2.75) is 26.7 Å². The number of non-ortho nitro benzene ring substituents is 1. The number of carbonyl (C=O) groups is 1. The van der Waals surface area contributed by atoms with Gasteiger partial charge in [0, 0.05) is 23.6 Å².